The van der Waals surface area contributed by atoms with E-state index < -0.39 is 0 Å². The summed E-state index contributed by atoms with van der Waals surface area (Å²) in [6.07, 6.45) is 3.28. The van der Waals surface area contributed by atoms with Crippen molar-refractivity contribution in [3.63, 3.8) is 0 Å². The number of nitrogens with zero attached hydrogens (tertiary/aromatic N) is 4. The van der Waals surface area contributed by atoms with Crippen LogP contribution in [0.15, 0.2) is 22.9 Å². The number of carbonyl (C=O) groups excluding carboxylic acids is 2. The molecule has 3 rings (SSSR count). The number of hydrogen-bond donors (Lipinski definition) is 0. The van der Waals surface area contributed by atoms with Crippen LogP contribution in [-0.4, -0.2) is 51.8 Å². The minimum Gasteiger partial charge on any atom is -0.459 e. The third-order valence-corrected chi connectivity index (χ3v) is 4.17. The molecule has 3 heterocycles. The van der Waals surface area contributed by atoms with E-state index in [1.165, 1.54) is 11.2 Å². The van der Waals surface area contributed by atoms with Gasteiger partial charge >= 0.3 is 0 Å². The van der Waals surface area contributed by atoms with E-state index in [1.807, 2.05) is 18.4 Å². The van der Waals surface area contributed by atoms with Crippen molar-refractivity contribution in [1.29, 1.82) is 0 Å². The summed E-state index contributed by atoms with van der Waals surface area (Å²) in [5.41, 5.74) is 1.22. The van der Waals surface area contributed by atoms with Crippen LogP contribution in [0.25, 0.3) is 0 Å². The Balaban J connectivity index is 1.89. The molecule has 7 heteroatoms. The molecule has 1 aliphatic rings. The molecule has 23 heavy (non-hydrogen) atoms. The molecule has 0 aromatic carbocycles. The van der Waals surface area contributed by atoms with Gasteiger partial charge in [-0.25, -0.2) is 4.98 Å². The highest BCUT2D eigenvalue weighted by atomic mass is 16.3. The van der Waals surface area contributed by atoms with Crippen LogP contribution in [0.1, 0.15) is 45.4 Å². The van der Waals surface area contributed by atoms with Gasteiger partial charge in [-0.1, -0.05) is 0 Å². The molecule has 0 radical (unpaired) electrons. The largest absolute Gasteiger partial charge is 0.459 e. The molecule has 0 unspecified atom stereocenters. The molecular formula is C16H20N4O3. The Labute approximate surface area is 134 Å². The average molecular weight is 316 g/mol. The lowest BCUT2D eigenvalue weighted by Crippen LogP contribution is -2.41. The summed E-state index contributed by atoms with van der Waals surface area (Å²) in [6, 6.07) is 1.56. The maximum Gasteiger partial charge on any atom is 0.290 e. The summed E-state index contributed by atoms with van der Waals surface area (Å²) in [5, 5.41) is 0. The van der Waals surface area contributed by atoms with Crippen molar-refractivity contribution < 1.29 is 14.0 Å². The molecule has 0 saturated heterocycles. The van der Waals surface area contributed by atoms with E-state index in [9.17, 15) is 9.59 Å². The molecule has 122 valence electrons. The number of hydrogen-bond acceptors (Lipinski definition) is 4. The van der Waals surface area contributed by atoms with Gasteiger partial charge in [0.2, 0.25) is 0 Å². The standard InChI is InChI=1S/C16H20N4O3/c1-10-5-8-23-13(10)16(22)20-7-6-19-9-12(15(21)18(3)4)17-14(19)11(20)2/h5,8-9,11H,6-7H2,1-4H3/t11-/m1/s1. The zero-order chi connectivity index (χ0) is 16.7. The zero-order valence-electron chi connectivity index (χ0n) is 13.7. The number of imidazole rings is 1. The minimum atomic E-state index is -0.218. The summed E-state index contributed by atoms with van der Waals surface area (Å²) >= 11 is 0. The van der Waals surface area contributed by atoms with E-state index in [-0.39, 0.29) is 17.9 Å². The number of aromatic nitrogens is 2. The summed E-state index contributed by atoms with van der Waals surface area (Å²) in [5.74, 6) is 0.800. The second-order valence-electron chi connectivity index (χ2n) is 5.98. The Hall–Kier alpha value is -2.57. The van der Waals surface area contributed by atoms with Crippen LogP contribution in [0.3, 0.4) is 0 Å². The third-order valence-electron chi connectivity index (χ3n) is 4.17. The number of carbonyl (C=O) groups is 2. The van der Waals surface area contributed by atoms with Gasteiger partial charge in [-0.05, 0) is 19.9 Å². The lowest BCUT2D eigenvalue weighted by atomic mass is 10.1. The van der Waals surface area contributed by atoms with Crippen molar-refractivity contribution in [3.05, 3.63) is 41.4 Å². The van der Waals surface area contributed by atoms with Gasteiger partial charge in [-0.3, -0.25) is 9.59 Å². The fourth-order valence-corrected chi connectivity index (χ4v) is 2.82. The fourth-order valence-electron chi connectivity index (χ4n) is 2.82. The molecule has 0 N–H and O–H groups in total. The van der Waals surface area contributed by atoms with Crippen molar-refractivity contribution in [1.82, 2.24) is 19.4 Å². The van der Waals surface area contributed by atoms with Crippen molar-refractivity contribution >= 4 is 11.8 Å². The Morgan fingerprint density at radius 1 is 1.35 bits per heavy atom. The van der Waals surface area contributed by atoms with Crippen LogP contribution in [0, 0.1) is 6.92 Å². The smallest absolute Gasteiger partial charge is 0.290 e. The monoisotopic (exact) mass is 316 g/mol. The van der Waals surface area contributed by atoms with Gasteiger partial charge in [0, 0.05) is 38.9 Å². The van der Waals surface area contributed by atoms with Crippen LogP contribution < -0.4 is 0 Å². The zero-order valence-corrected chi connectivity index (χ0v) is 13.7. The first kappa shape index (κ1) is 15.3. The molecule has 0 spiro atoms. The quantitative estimate of drug-likeness (QED) is 0.845. The van der Waals surface area contributed by atoms with Crippen molar-refractivity contribution in [3.8, 4) is 0 Å². The lowest BCUT2D eigenvalue weighted by molar-refractivity contribution is 0.0604. The van der Waals surface area contributed by atoms with E-state index in [1.54, 1.807) is 31.3 Å². The highest BCUT2D eigenvalue weighted by Crippen LogP contribution is 2.27. The van der Waals surface area contributed by atoms with E-state index in [2.05, 4.69) is 4.98 Å². The Bertz CT molecular complexity index is 759. The second kappa shape index (κ2) is 5.57. The highest BCUT2D eigenvalue weighted by Gasteiger charge is 2.33. The molecule has 7 nitrogen and oxygen atoms in total. The van der Waals surface area contributed by atoms with Crippen LogP contribution >= 0.6 is 0 Å². The second-order valence-corrected chi connectivity index (χ2v) is 5.98. The summed E-state index contributed by atoms with van der Waals surface area (Å²) in [7, 11) is 3.39. The molecule has 0 aliphatic carbocycles. The van der Waals surface area contributed by atoms with Gasteiger partial charge in [0.25, 0.3) is 11.8 Å². The predicted octanol–water partition coefficient (Wildman–Crippen LogP) is 1.70. The van der Waals surface area contributed by atoms with Crippen LogP contribution in [0.5, 0.6) is 0 Å². The van der Waals surface area contributed by atoms with Crippen LogP contribution in [0.4, 0.5) is 0 Å². The van der Waals surface area contributed by atoms with Gasteiger partial charge < -0.3 is 18.8 Å². The predicted molar refractivity (Wildman–Crippen MR) is 83.1 cm³/mol. The summed E-state index contributed by atoms with van der Waals surface area (Å²) in [4.78, 5) is 32.4. The molecule has 0 saturated carbocycles. The third kappa shape index (κ3) is 2.52. The van der Waals surface area contributed by atoms with Crippen molar-refractivity contribution in [2.75, 3.05) is 20.6 Å². The summed E-state index contributed by atoms with van der Waals surface area (Å²) < 4.78 is 7.26. The SMILES string of the molecule is Cc1ccoc1C(=O)N1CCn2cc(C(=O)N(C)C)nc2[C@H]1C. The summed E-state index contributed by atoms with van der Waals surface area (Å²) in [6.45, 7) is 4.93. The lowest BCUT2D eigenvalue weighted by Gasteiger charge is -2.33. The number of rotatable bonds is 2. The molecule has 2 aromatic heterocycles. The Morgan fingerprint density at radius 3 is 2.70 bits per heavy atom. The van der Waals surface area contributed by atoms with Crippen LogP contribution in [-0.2, 0) is 6.54 Å². The van der Waals surface area contributed by atoms with E-state index in [0.717, 1.165) is 11.4 Å². The molecule has 1 aliphatic heterocycles. The minimum absolute atomic E-state index is 0.140. The number of fused-ring (bicyclic) bond motifs is 1. The van der Waals surface area contributed by atoms with Crippen molar-refractivity contribution in [2.24, 2.45) is 0 Å². The van der Waals surface area contributed by atoms with Gasteiger partial charge in [0.05, 0.1) is 12.3 Å². The first-order chi connectivity index (χ1) is 10.9. The molecule has 0 fully saturated rings. The topological polar surface area (TPSA) is 71.6 Å². The molecule has 1 atom stereocenters. The molecular weight excluding hydrogens is 296 g/mol. The van der Waals surface area contributed by atoms with Crippen molar-refractivity contribution in [2.45, 2.75) is 26.4 Å². The first-order valence-corrected chi connectivity index (χ1v) is 7.54. The van der Waals surface area contributed by atoms with Gasteiger partial charge in [-0.2, -0.15) is 0 Å². The molecule has 2 amide bonds. The number of amides is 2. The maximum absolute atomic E-state index is 12.7. The highest BCUT2D eigenvalue weighted by molar-refractivity contribution is 5.93. The Morgan fingerprint density at radius 2 is 2.09 bits per heavy atom. The maximum atomic E-state index is 12.7. The van der Waals surface area contributed by atoms with E-state index in [0.29, 0.717) is 24.5 Å². The first-order valence-electron chi connectivity index (χ1n) is 7.54. The van der Waals surface area contributed by atoms with E-state index >= 15 is 0 Å². The van der Waals surface area contributed by atoms with E-state index in [4.69, 9.17) is 4.42 Å². The molecule has 0 bridgehead atoms. The van der Waals surface area contributed by atoms with Crippen LogP contribution in [0.2, 0.25) is 0 Å². The normalized spacial score (nSPS) is 17.0. The van der Waals surface area contributed by atoms with Gasteiger partial charge in [-0.15, -0.1) is 0 Å². The Kier molecular flexibility index (Phi) is 3.71. The van der Waals surface area contributed by atoms with Gasteiger partial charge in [0.1, 0.15) is 11.5 Å². The fraction of sp³-hybridized carbons (Fsp3) is 0.438. The number of aryl methyl sites for hydroxylation is 1. The number of furan rings is 1. The van der Waals surface area contributed by atoms with Gasteiger partial charge in [0.15, 0.2) is 5.76 Å². The average Bonchev–Trinajstić information content (AvgIpc) is 3.12. The molecule has 2 aromatic rings.